The summed E-state index contributed by atoms with van der Waals surface area (Å²) in [4.78, 5) is 33.1. The van der Waals surface area contributed by atoms with Gasteiger partial charge in [0, 0.05) is 20.0 Å². The summed E-state index contributed by atoms with van der Waals surface area (Å²) in [7, 11) is 0. The quantitative estimate of drug-likeness (QED) is 0.298. The number of nitro groups is 2. The highest BCUT2D eigenvalue weighted by Gasteiger charge is 2.33. The second kappa shape index (κ2) is 4.83. The van der Waals surface area contributed by atoms with Gasteiger partial charge in [-0.25, -0.2) is 0 Å². The lowest BCUT2D eigenvalue weighted by Crippen LogP contribution is -2.30. The smallest absolute Gasteiger partial charge is 0.339 e. The molecule has 0 aliphatic carbocycles. The van der Waals surface area contributed by atoms with Gasteiger partial charge in [0.15, 0.2) is 0 Å². The van der Waals surface area contributed by atoms with Crippen LogP contribution in [0, 0.1) is 20.2 Å². The molecule has 104 valence electrons. The van der Waals surface area contributed by atoms with Crippen LogP contribution in [0.4, 0.5) is 0 Å². The monoisotopic (exact) mass is 286 g/mol. The van der Waals surface area contributed by atoms with E-state index in [1.54, 1.807) is 0 Å². The minimum absolute atomic E-state index is 0.341. The Morgan fingerprint density at radius 3 is 1.70 bits per heavy atom. The molecule has 0 fully saturated rings. The molecule has 0 saturated heterocycles. The number of hydrazine groups is 2. The van der Waals surface area contributed by atoms with E-state index in [1.807, 2.05) is 0 Å². The summed E-state index contributed by atoms with van der Waals surface area (Å²) < 4.78 is 0. The van der Waals surface area contributed by atoms with Crippen molar-refractivity contribution in [3.63, 3.8) is 0 Å². The van der Waals surface area contributed by atoms with E-state index in [2.05, 4.69) is 31.1 Å². The Balaban J connectivity index is 2.32. The van der Waals surface area contributed by atoms with Crippen LogP contribution < -0.4 is 11.1 Å². The Morgan fingerprint density at radius 2 is 1.35 bits per heavy atom. The number of carbonyl (C=O) groups excluding carboxylic acids is 1. The molecule has 0 radical (unpaired) electrons. The van der Waals surface area contributed by atoms with Crippen molar-refractivity contribution in [3.05, 3.63) is 31.9 Å². The first kappa shape index (κ1) is 12.7. The lowest BCUT2D eigenvalue weighted by Gasteiger charge is -1.97. The summed E-state index contributed by atoms with van der Waals surface area (Å²) in [5.41, 5.74) is 3.01. The van der Waals surface area contributed by atoms with Gasteiger partial charge < -0.3 is 20.2 Å². The SMILES string of the molecule is O=C(c1nnnn1N[N+](=O)[O-])c1nnnn1N[N+](=O)[O-]. The third kappa shape index (κ3) is 2.39. The second-order valence-electron chi connectivity index (χ2n) is 2.87. The number of nitrogens with one attached hydrogen (secondary N) is 2. The Kier molecular flexibility index (Phi) is 3.06. The molecule has 2 rings (SSSR count). The largest absolute Gasteiger partial charge is 0.346 e. The lowest BCUT2D eigenvalue weighted by atomic mass is 10.3. The number of tetrazole rings is 2. The van der Waals surface area contributed by atoms with Gasteiger partial charge in [-0.3, -0.25) is 4.79 Å². The Morgan fingerprint density at radius 1 is 0.950 bits per heavy atom. The van der Waals surface area contributed by atoms with Crippen molar-refractivity contribution in [2.75, 3.05) is 11.1 Å². The predicted molar refractivity (Wildman–Crippen MR) is 51.8 cm³/mol. The van der Waals surface area contributed by atoms with Gasteiger partial charge in [0.2, 0.25) is 0 Å². The molecule has 17 nitrogen and oxygen atoms in total. The minimum Gasteiger partial charge on any atom is -0.339 e. The molecule has 17 heteroatoms. The van der Waals surface area contributed by atoms with E-state index >= 15 is 0 Å². The predicted octanol–water partition coefficient (Wildman–Crippen LogP) is -3.64. The number of nitrogens with zero attached hydrogens (tertiary/aromatic N) is 10. The zero-order valence-electron chi connectivity index (χ0n) is 9.01. The maximum Gasteiger partial charge on any atom is 0.346 e. The fourth-order valence-electron chi connectivity index (χ4n) is 1.05. The molecule has 0 aliphatic rings. The van der Waals surface area contributed by atoms with E-state index in [9.17, 15) is 25.0 Å². The molecule has 0 amide bonds. The third-order valence-electron chi connectivity index (χ3n) is 1.70. The van der Waals surface area contributed by atoms with Gasteiger partial charge >= 0.3 is 17.4 Å². The minimum atomic E-state index is -1.09. The van der Waals surface area contributed by atoms with E-state index in [4.69, 9.17) is 0 Å². The molecule has 0 bridgehead atoms. The first-order valence-corrected chi connectivity index (χ1v) is 4.42. The standard InChI is InChI=1S/C3H2N12O5/c16-1(2-4-6-8-12(2)10-14(17)18)3-5-7-9-13(3)11-15(19)20/h10-11H. The zero-order chi connectivity index (χ0) is 14.7. The molecule has 0 aromatic carbocycles. The molecule has 2 N–H and O–H groups in total. The molecule has 2 aromatic heterocycles. The van der Waals surface area contributed by atoms with E-state index in [0.29, 0.717) is 9.58 Å². The van der Waals surface area contributed by atoms with Crippen LogP contribution in [0.5, 0.6) is 0 Å². The summed E-state index contributed by atoms with van der Waals surface area (Å²) >= 11 is 0. The first-order chi connectivity index (χ1) is 9.49. The van der Waals surface area contributed by atoms with Crippen LogP contribution >= 0.6 is 0 Å². The highest BCUT2D eigenvalue weighted by atomic mass is 16.7. The van der Waals surface area contributed by atoms with Gasteiger partial charge in [-0.05, 0) is 11.1 Å². The maximum absolute atomic E-state index is 11.9. The van der Waals surface area contributed by atoms with Crippen molar-refractivity contribution in [3.8, 4) is 0 Å². The van der Waals surface area contributed by atoms with Crippen LogP contribution in [0.25, 0.3) is 0 Å². The van der Waals surface area contributed by atoms with Gasteiger partial charge in [-0.2, -0.15) is 0 Å². The van der Waals surface area contributed by atoms with Crippen LogP contribution in [0.3, 0.4) is 0 Å². The number of aromatic nitrogens is 8. The first-order valence-electron chi connectivity index (χ1n) is 4.42. The molecule has 0 atom stereocenters. The fourth-order valence-corrected chi connectivity index (χ4v) is 1.05. The molecule has 0 unspecified atom stereocenters. The van der Waals surface area contributed by atoms with Crippen LogP contribution in [0.2, 0.25) is 0 Å². The topological polar surface area (TPSA) is 215 Å². The zero-order valence-corrected chi connectivity index (χ0v) is 9.01. The van der Waals surface area contributed by atoms with E-state index in [0.717, 1.165) is 0 Å². The Labute approximate surface area is 105 Å². The molecular formula is C3H2N12O5. The average Bonchev–Trinajstić information content (AvgIpc) is 2.96. The normalized spacial score (nSPS) is 10.0. The number of carbonyl (C=O) groups is 1. The summed E-state index contributed by atoms with van der Waals surface area (Å²) in [6.45, 7) is 0. The molecule has 0 spiro atoms. The molecule has 2 heterocycles. The second-order valence-corrected chi connectivity index (χ2v) is 2.87. The summed E-state index contributed by atoms with van der Waals surface area (Å²) in [5, 5.41) is 37.3. The van der Waals surface area contributed by atoms with Gasteiger partial charge in [0.05, 0.1) is 20.5 Å². The lowest BCUT2D eigenvalue weighted by molar-refractivity contribution is -0.463. The highest BCUT2D eigenvalue weighted by Crippen LogP contribution is 2.00. The molecule has 20 heavy (non-hydrogen) atoms. The van der Waals surface area contributed by atoms with Crippen molar-refractivity contribution in [2.45, 2.75) is 0 Å². The van der Waals surface area contributed by atoms with Crippen molar-refractivity contribution >= 4 is 5.78 Å². The van der Waals surface area contributed by atoms with Gasteiger partial charge in [-0.1, -0.05) is 10.2 Å². The van der Waals surface area contributed by atoms with Crippen molar-refractivity contribution in [1.29, 1.82) is 0 Å². The Bertz CT molecular complexity index is 614. The molecule has 2 aromatic rings. The molecular weight excluding hydrogens is 284 g/mol. The van der Waals surface area contributed by atoms with E-state index in [-0.39, 0.29) is 0 Å². The highest BCUT2D eigenvalue weighted by molar-refractivity contribution is 6.03. The van der Waals surface area contributed by atoms with Crippen LogP contribution in [0.15, 0.2) is 0 Å². The summed E-state index contributed by atoms with van der Waals surface area (Å²) in [5.74, 6) is -2.39. The third-order valence-corrected chi connectivity index (χ3v) is 1.70. The van der Waals surface area contributed by atoms with Gasteiger partial charge in [0.25, 0.3) is 0 Å². The van der Waals surface area contributed by atoms with E-state index < -0.39 is 27.5 Å². The molecule has 0 saturated carbocycles. The number of hydrogen-bond acceptors (Lipinski definition) is 11. The number of hydrogen-bond donors (Lipinski definition) is 2. The summed E-state index contributed by atoms with van der Waals surface area (Å²) in [6, 6.07) is 0. The van der Waals surface area contributed by atoms with Crippen molar-refractivity contribution < 1.29 is 14.9 Å². The number of ketones is 1. The van der Waals surface area contributed by atoms with Crippen molar-refractivity contribution in [1.82, 2.24) is 40.6 Å². The van der Waals surface area contributed by atoms with Crippen LogP contribution in [-0.2, 0) is 0 Å². The molecule has 0 aliphatic heterocycles. The number of rotatable bonds is 6. The fraction of sp³-hybridized carbons (Fsp3) is 0. The Hall–Kier alpha value is -3.79. The van der Waals surface area contributed by atoms with E-state index in [1.165, 1.54) is 11.1 Å². The van der Waals surface area contributed by atoms with Crippen LogP contribution in [-0.4, -0.2) is 56.5 Å². The summed E-state index contributed by atoms with van der Waals surface area (Å²) in [6.07, 6.45) is 0. The average molecular weight is 286 g/mol. The van der Waals surface area contributed by atoms with Gasteiger partial charge in [-0.15, -0.1) is 0 Å². The van der Waals surface area contributed by atoms with Gasteiger partial charge in [0.1, 0.15) is 0 Å². The maximum atomic E-state index is 11.9. The van der Waals surface area contributed by atoms with Crippen LogP contribution in [0.1, 0.15) is 16.4 Å². The van der Waals surface area contributed by atoms with Crippen molar-refractivity contribution in [2.24, 2.45) is 0 Å².